The van der Waals surface area contributed by atoms with E-state index in [1.807, 2.05) is 13.8 Å². The lowest BCUT2D eigenvalue weighted by atomic mass is 9.96. The van der Waals surface area contributed by atoms with Crippen LogP contribution in [-0.4, -0.2) is 31.6 Å². The molecule has 2 aromatic rings. The first-order valence-electron chi connectivity index (χ1n) is 10.8. The summed E-state index contributed by atoms with van der Waals surface area (Å²) in [6, 6.07) is 11.3. The molecule has 0 saturated heterocycles. The smallest absolute Gasteiger partial charge is 0.257 e. The summed E-state index contributed by atoms with van der Waals surface area (Å²) in [6.07, 6.45) is 5.01. The van der Waals surface area contributed by atoms with Gasteiger partial charge < -0.3 is 10.1 Å². The van der Waals surface area contributed by atoms with Gasteiger partial charge in [-0.3, -0.25) is 10.1 Å². The van der Waals surface area contributed by atoms with Crippen LogP contribution in [0.2, 0.25) is 0 Å². The van der Waals surface area contributed by atoms with Crippen molar-refractivity contribution in [2.24, 2.45) is 0 Å². The lowest BCUT2D eigenvalue weighted by molar-refractivity contribution is 0.0977. The number of carbonyl (C=O) groups is 1. The van der Waals surface area contributed by atoms with Crippen molar-refractivity contribution < 1.29 is 17.9 Å². The normalized spacial score (nSPS) is 14.7. The molecule has 7 nitrogen and oxygen atoms in total. The highest BCUT2D eigenvalue weighted by molar-refractivity contribution is 9.10. The summed E-state index contributed by atoms with van der Waals surface area (Å²) in [6.45, 7) is 3.85. The minimum Gasteiger partial charge on any atom is -0.490 e. The maximum absolute atomic E-state index is 12.6. The van der Waals surface area contributed by atoms with Crippen LogP contribution >= 0.6 is 28.1 Å². The molecule has 0 aromatic heterocycles. The maximum atomic E-state index is 12.6. The lowest BCUT2D eigenvalue weighted by Gasteiger charge is -2.22. The Morgan fingerprint density at radius 2 is 1.76 bits per heavy atom. The van der Waals surface area contributed by atoms with Gasteiger partial charge in [-0.2, -0.15) is 0 Å². The first kappa shape index (κ1) is 25.6. The molecule has 3 rings (SSSR count). The van der Waals surface area contributed by atoms with Crippen LogP contribution in [0.4, 0.5) is 5.69 Å². The Morgan fingerprint density at radius 1 is 1.09 bits per heavy atom. The number of hydrogen-bond donors (Lipinski definition) is 3. The second kappa shape index (κ2) is 11.4. The minimum absolute atomic E-state index is 0.00428. The van der Waals surface area contributed by atoms with Crippen molar-refractivity contribution in [2.45, 2.75) is 63.0 Å². The number of ether oxygens (including phenoxy) is 1. The van der Waals surface area contributed by atoms with E-state index in [0.717, 1.165) is 32.1 Å². The van der Waals surface area contributed by atoms with E-state index < -0.39 is 10.0 Å². The SMILES string of the molecule is CC(C)Oc1ccc(C(=O)NC(=S)Nc2ccc(S(=O)(=O)NC3CCCCC3)cc2)cc1Br. The van der Waals surface area contributed by atoms with Crippen molar-refractivity contribution in [2.75, 3.05) is 5.32 Å². The van der Waals surface area contributed by atoms with Crippen molar-refractivity contribution in [3.8, 4) is 5.75 Å². The predicted octanol–water partition coefficient (Wildman–Crippen LogP) is 4.97. The fourth-order valence-electron chi connectivity index (χ4n) is 3.55. The van der Waals surface area contributed by atoms with Crippen LogP contribution in [0.25, 0.3) is 0 Å². The maximum Gasteiger partial charge on any atom is 0.257 e. The van der Waals surface area contributed by atoms with E-state index >= 15 is 0 Å². The van der Waals surface area contributed by atoms with E-state index in [1.165, 1.54) is 12.1 Å². The zero-order valence-corrected chi connectivity index (χ0v) is 21.8. The number of amides is 1. The van der Waals surface area contributed by atoms with Crippen molar-refractivity contribution in [3.05, 3.63) is 52.5 Å². The number of thiocarbonyl (C=S) groups is 1. The highest BCUT2D eigenvalue weighted by Gasteiger charge is 2.21. The molecule has 1 saturated carbocycles. The highest BCUT2D eigenvalue weighted by atomic mass is 79.9. The van der Waals surface area contributed by atoms with Gasteiger partial charge in [0.15, 0.2) is 5.11 Å². The van der Waals surface area contributed by atoms with Crippen LogP contribution in [0, 0.1) is 0 Å². The van der Waals surface area contributed by atoms with Crippen LogP contribution in [-0.2, 0) is 10.0 Å². The molecule has 1 fully saturated rings. The molecule has 0 heterocycles. The van der Waals surface area contributed by atoms with Crippen LogP contribution in [0.3, 0.4) is 0 Å². The number of nitrogens with one attached hydrogen (secondary N) is 3. The van der Waals surface area contributed by atoms with Crippen LogP contribution in [0.1, 0.15) is 56.3 Å². The van der Waals surface area contributed by atoms with E-state index in [2.05, 4.69) is 31.3 Å². The number of hydrogen-bond acceptors (Lipinski definition) is 5. The fraction of sp³-hybridized carbons (Fsp3) is 0.391. The van der Waals surface area contributed by atoms with E-state index in [0.29, 0.717) is 21.5 Å². The molecule has 2 aromatic carbocycles. The topological polar surface area (TPSA) is 96.5 Å². The molecule has 0 spiro atoms. The van der Waals surface area contributed by atoms with Crippen LogP contribution in [0.15, 0.2) is 51.8 Å². The monoisotopic (exact) mass is 553 g/mol. The minimum atomic E-state index is -3.57. The summed E-state index contributed by atoms with van der Waals surface area (Å²) in [7, 11) is -3.57. The van der Waals surface area contributed by atoms with E-state index in [9.17, 15) is 13.2 Å². The summed E-state index contributed by atoms with van der Waals surface area (Å²) in [4.78, 5) is 12.7. The third kappa shape index (κ3) is 7.49. The zero-order chi connectivity index (χ0) is 24.0. The molecular weight excluding hydrogens is 526 g/mol. The van der Waals surface area contributed by atoms with Crippen molar-refractivity contribution in [3.63, 3.8) is 0 Å². The van der Waals surface area contributed by atoms with E-state index in [4.69, 9.17) is 17.0 Å². The first-order valence-corrected chi connectivity index (χ1v) is 13.5. The molecule has 0 bridgehead atoms. The van der Waals surface area contributed by atoms with Crippen molar-refractivity contribution in [1.29, 1.82) is 0 Å². The highest BCUT2D eigenvalue weighted by Crippen LogP contribution is 2.27. The Morgan fingerprint density at radius 3 is 2.36 bits per heavy atom. The quantitative estimate of drug-likeness (QED) is 0.418. The van der Waals surface area contributed by atoms with Gasteiger partial charge in [-0.15, -0.1) is 0 Å². The van der Waals surface area contributed by atoms with Gasteiger partial charge in [0, 0.05) is 17.3 Å². The van der Waals surface area contributed by atoms with Crippen LogP contribution < -0.4 is 20.1 Å². The lowest BCUT2D eigenvalue weighted by Crippen LogP contribution is -2.36. The summed E-state index contributed by atoms with van der Waals surface area (Å²) in [5.41, 5.74) is 0.983. The van der Waals surface area contributed by atoms with Gasteiger partial charge >= 0.3 is 0 Å². The van der Waals surface area contributed by atoms with Gasteiger partial charge in [-0.1, -0.05) is 19.3 Å². The molecule has 1 aliphatic carbocycles. The molecule has 1 amide bonds. The Balaban J connectivity index is 1.57. The van der Waals surface area contributed by atoms with Gasteiger partial charge in [-0.25, -0.2) is 13.1 Å². The van der Waals surface area contributed by atoms with Gasteiger partial charge in [0.25, 0.3) is 5.91 Å². The third-order valence-electron chi connectivity index (χ3n) is 5.13. The van der Waals surface area contributed by atoms with Gasteiger partial charge in [-0.05, 0) is 97.3 Å². The Labute approximate surface area is 208 Å². The molecule has 0 atom stereocenters. The number of sulfonamides is 1. The Hall–Kier alpha value is -2.01. The summed E-state index contributed by atoms with van der Waals surface area (Å²) < 4.78 is 34.3. The number of benzene rings is 2. The molecule has 0 radical (unpaired) electrons. The van der Waals surface area contributed by atoms with Crippen LogP contribution in [0.5, 0.6) is 5.75 Å². The second-order valence-corrected chi connectivity index (χ2v) is 11.2. The Kier molecular flexibility index (Phi) is 8.86. The molecule has 178 valence electrons. The van der Waals surface area contributed by atoms with E-state index in [1.54, 1.807) is 30.3 Å². The molecule has 33 heavy (non-hydrogen) atoms. The number of carbonyl (C=O) groups excluding carboxylic acids is 1. The zero-order valence-electron chi connectivity index (χ0n) is 18.6. The average Bonchev–Trinajstić information content (AvgIpc) is 2.75. The molecule has 10 heteroatoms. The fourth-order valence-corrected chi connectivity index (χ4v) is 5.54. The number of anilines is 1. The molecule has 1 aliphatic rings. The Bertz CT molecular complexity index is 1100. The molecular formula is C23H28BrN3O4S2. The van der Waals surface area contributed by atoms with Gasteiger partial charge in [0.2, 0.25) is 10.0 Å². The number of rotatable bonds is 7. The molecule has 0 unspecified atom stereocenters. The largest absolute Gasteiger partial charge is 0.490 e. The number of halogens is 1. The second-order valence-electron chi connectivity index (χ2n) is 8.20. The summed E-state index contributed by atoms with van der Waals surface area (Å²) >= 11 is 8.64. The summed E-state index contributed by atoms with van der Waals surface area (Å²) in [5, 5.41) is 5.63. The average molecular weight is 555 g/mol. The first-order chi connectivity index (χ1) is 15.6. The van der Waals surface area contributed by atoms with Gasteiger partial charge in [0.05, 0.1) is 15.5 Å². The van der Waals surface area contributed by atoms with Gasteiger partial charge in [0.1, 0.15) is 5.75 Å². The molecule has 0 aliphatic heterocycles. The van der Waals surface area contributed by atoms with Crippen molar-refractivity contribution >= 4 is 54.9 Å². The third-order valence-corrected chi connectivity index (χ3v) is 7.49. The standard InChI is InChI=1S/C23H28BrN3O4S2/c1-15(2)31-21-13-8-16(14-20(21)24)22(28)26-23(32)25-17-9-11-19(12-10-17)33(29,30)27-18-6-4-3-5-7-18/h8-15,18,27H,3-7H2,1-2H3,(H2,25,26,28,32). The van der Waals surface area contributed by atoms with Crippen molar-refractivity contribution in [1.82, 2.24) is 10.0 Å². The molecule has 3 N–H and O–H groups in total. The summed E-state index contributed by atoms with van der Waals surface area (Å²) in [5.74, 6) is 0.274. The van der Waals surface area contributed by atoms with E-state index in [-0.39, 0.29) is 28.1 Å². The predicted molar refractivity (Wildman–Crippen MR) is 137 cm³/mol.